The van der Waals surface area contributed by atoms with Crippen molar-refractivity contribution in [2.24, 2.45) is 17.8 Å². The standard InChI is InChI=1S/C32H36ClN3O5/c1-18-8-13-24(40-3)23(16-18)35-29(37)26-25-14-15-32(41-25)17-36(31(39)27(26)32)28(20-9-11-21(33)12-10-20)30(38)34-22-7-5-4-6-19(22)2/h8-16,19,22,25-28H,4-7,17H2,1-3H3,(H,34,38)(H,35,37)/t19-,22-,25-,26+,27-,28-,32-/m0/s1. The lowest BCUT2D eigenvalue weighted by molar-refractivity contribution is -0.142. The topological polar surface area (TPSA) is 97.0 Å². The Morgan fingerprint density at radius 2 is 1.90 bits per heavy atom. The number of hydrogen-bond donors (Lipinski definition) is 2. The number of carbonyl (C=O) groups excluding carboxylic acids is 3. The highest BCUT2D eigenvalue weighted by molar-refractivity contribution is 6.30. The van der Waals surface area contributed by atoms with Gasteiger partial charge in [0.1, 0.15) is 17.4 Å². The molecule has 1 spiro atoms. The number of methoxy groups -OCH3 is 1. The number of halogens is 1. The van der Waals surface area contributed by atoms with E-state index in [1.165, 1.54) is 0 Å². The molecule has 2 aromatic rings. The number of amides is 3. The average molecular weight is 578 g/mol. The van der Waals surface area contributed by atoms with Gasteiger partial charge in [-0.25, -0.2) is 0 Å². The number of nitrogens with one attached hydrogen (secondary N) is 2. The number of carbonyl (C=O) groups is 3. The fraction of sp³-hybridized carbons (Fsp3) is 0.469. The number of ether oxygens (including phenoxy) is 2. The number of hydrogen-bond acceptors (Lipinski definition) is 5. The lowest BCUT2D eigenvalue weighted by atomic mass is 9.76. The molecule has 0 radical (unpaired) electrons. The Hall–Kier alpha value is -3.36. The molecule has 9 heteroatoms. The minimum Gasteiger partial charge on any atom is -0.495 e. The first kappa shape index (κ1) is 27.8. The number of fused-ring (bicyclic) bond motifs is 1. The summed E-state index contributed by atoms with van der Waals surface area (Å²) in [6.45, 7) is 4.28. The molecule has 2 saturated heterocycles. The van der Waals surface area contributed by atoms with Gasteiger partial charge in [0.05, 0.1) is 37.3 Å². The van der Waals surface area contributed by atoms with Crippen molar-refractivity contribution in [3.63, 3.8) is 0 Å². The van der Waals surface area contributed by atoms with Crippen molar-refractivity contribution in [1.29, 1.82) is 0 Å². The first-order valence-electron chi connectivity index (χ1n) is 14.4. The normalized spacial score (nSPS) is 30.7. The van der Waals surface area contributed by atoms with Gasteiger partial charge in [-0.05, 0) is 61.1 Å². The van der Waals surface area contributed by atoms with Crippen LogP contribution in [-0.2, 0) is 19.1 Å². The van der Waals surface area contributed by atoms with Crippen LogP contribution in [-0.4, -0.2) is 54.0 Å². The van der Waals surface area contributed by atoms with E-state index < -0.39 is 29.6 Å². The molecule has 8 nitrogen and oxygen atoms in total. The molecule has 3 heterocycles. The zero-order valence-electron chi connectivity index (χ0n) is 23.6. The number of rotatable bonds is 7. The van der Waals surface area contributed by atoms with Crippen LogP contribution in [0.3, 0.4) is 0 Å². The van der Waals surface area contributed by atoms with Crippen LogP contribution in [0.5, 0.6) is 5.75 Å². The Labute approximate surface area is 245 Å². The van der Waals surface area contributed by atoms with Crippen molar-refractivity contribution in [1.82, 2.24) is 10.2 Å². The maximum absolute atomic E-state index is 14.3. The molecule has 7 atom stereocenters. The monoisotopic (exact) mass is 577 g/mol. The molecule has 4 aliphatic rings. The molecule has 1 aliphatic carbocycles. The Kier molecular flexibility index (Phi) is 7.32. The molecule has 1 saturated carbocycles. The van der Waals surface area contributed by atoms with Crippen molar-refractivity contribution in [3.8, 4) is 5.75 Å². The molecule has 2 bridgehead atoms. The number of likely N-dealkylation sites (tertiary alicyclic amines) is 1. The van der Waals surface area contributed by atoms with E-state index in [1.54, 1.807) is 42.3 Å². The number of nitrogens with zero attached hydrogens (tertiary/aromatic N) is 1. The predicted octanol–water partition coefficient (Wildman–Crippen LogP) is 4.81. The number of anilines is 1. The molecule has 2 N–H and O–H groups in total. The van der Waals surface area contributed by atoms with Crippen LogP contribution < -0.4 is 15.4 Å². The van der Waals surface area contributed by atoms with E-state index in [2.05, 4.69) is 17.6 Å². The van der Waals surface area contributed by atoms with Gasteiger partial charge in [0.15, 0.2) is 0 Å². The summed E-state index contributed by atoms with van der Waals surface area (Å²) in [5.74, 6) is -1.39. The van der Waals surface area contributed by atoms with E-state index >= 15 is 0 Å². The maximum Gasteiger partial charge on any atom is 0.247 e. The van der Waals surface area contributed by atoms with E-state index in [9.17, 15) is 14.4 Å². The first-order valence-corrected chi connectivity index (χ1v) is 14.8. The van der Waals surface area contributed by atoms with Gasteiger partial charge in [0.2, 0.25) is 17.7 Å². The lowest BCUT2D eigenvalue weighted by Gasteiger charge is -2.34. The molecular weight excluding hydrogens is 542 g/mol. The molecule has 0 unspecified atom stereocenters. The fourth-order valence-corrected chi connectivity index (χ4v) is 7.22. The quantitative estimate of drug-likeness (QED) is 0.460. The van der Waals surface area contributed by atoms with Gasteiger partial charge < -0.3 is 25.0 Å². The van der Waals surface area contributed by atoms with Crippen molar-refractivity contribution >= 4 is 35.0 Å². The Bertz CT molecular complexity index is 1390. The van der Waals surface area contributed by atoms with Crippen LogP contribution >= 0.6 is 11.6 Å². The van der Waals surface area contributed by atoms with Crippen LogP contribution in [0.1, 0.15) is 49.8 Å². The zero-order chi connectivity index (χ0) is 28.9. The second-order valence-corrected chi connectivity index (χ2v) is 12.3. The summed E-state index contributed by atoms with van der Waals surface area (Å²) in [6, 6.07) is 11.8. The zero-order valence-corrected chi connectivity index (χ0v) is 24.3. The van der Waals surface area contributed by atoms with Gasteiger partial charge in [-0.15, -0.1) is 0 Å². The highest BCUT2D eigenvalue weighted by Crippen LogP contribution is 2.53. The van der Waals surface area contributed by atoms with E-state index in [-0.39, 0.29) is 30.3 Å². The van der Waals surface area contributed by atoms with Gasteiger partial charge in [-0.3, -0.25) is 14.4 Å². The second kappa shape index (κ2) is 10.8. The van der Waals surface area contributed by atoms with E-state index in [4.69, 9.17) is 21.1 Å². The molecular formula is C32H36ClN3O5. The summed E-state index contributed by atoms with van der Waals surface area (Å²) >= 11 is 6.18. The summed E-state index contributed by atoms with van der Waals surface area (Å²) in [5.41, 5.74) is 1.21. The van der Waals surface area contributed by atoms with E-state index in [0.717, 1.165) is 31.2 Å². The summed E-state index contributed by atoms with van der Waals surface area (Å²) < 4.78 is 11.8. The third-order valence-electron chi connectivity index (χ3n) is 9.23. The molecule has 3 amide bonds. The van der Waals surface area contributed by atoms with Crippen molar-refractivity contribution < 1.29 is 23.9 Å². The Morgan fingerprint density at radius 3 is 2.63 bits per heavy atom. The maximum atomic E-state index is 14.3. The van der Waals surface area contributed by atoms with Gasteiger partial charge in [0, 0.05) is 11.1 Å². The average Bonchev–Trinajstić information content (AvgIpc) is 3.59. The van der Waals surface area contributed by atoms with Crippen LogP contribution in [0.2, 0.25) is 5.02 Å². The van der Waals surface area contributed by atoms with Crippen molar-refractivity contribution in [2.45, 2.75) is 63.3 Å². The van der Waals surface area contributed by atoms with E-state index in [0.29, 0.717) is 27.9 Å². The smallest absolute Gasteiger partial charge is 0.247 e. The predicted molar refractivity (Wildman–Crippen MR) is 156 cm³/mol. The van der Waals surface area contributed by atoms with Gasteiger partial charge in [0.25, 0.3) is 0 Å². The summed E-state index contributed by atoms with van der Waals surface area (Å²) in [7, 11) is 1.55. The fourth-order valence-electron chi connectivity index (χ4n) is 7.09. The summed E-state index contributed by atoms with van der Waals surface area (Å²) in [5, 5.41) is 6.78. The molecule has 41 heavy (non-hydrogen) atoms. The summed E-state index contributed by atoms with van der Waals surface area (Å²) in [6.07, 6.45) is 7.45. The third-order valence-corrected chi connectivity index (χ3v) is 9.48. The van der Waals surface area contributed by atoms with E-state index in [1.807, 2.05) is 31.2 Å². The van der Waals surface area contributed by atoms with Gasteiger partial charge in [-0.2, -0.15) is 0 Å². The van der Waals surface area contributed by atoms with Crippen LogP contribution in [0.4, 0.5) is 5.69 Å². The van der Waals surface area contributed by atoms with Gasteiger partial charge in [-0.1, -0.05) is 61.7 Å². The third kappa shape index (κ3) is 4.91. The minimum absolute atomic E-state index is 0.0521. The van der Waals surface area contributed by atoms with Crippen LogP contribution in [0.15, 0.2) is 54.6 Å². The molecule has 3 fully saturated rings. The summed E-state index contributed by atoms with van der Waals surface area (Å²) in [4.78, 5) is 43.6. The Morgan fingerprint density at radius 1 is 1.15 bits per heavy atom. The largest absolute Gasteiger partial charge is 0.495 e. The first-order chi connectivity index (χ1) is 19.7. The lowest BCUT2D eigenvalue weighted by Crippen LogP contribution is -2.49. The highest BCUT2D eigenvalue weighted by atomic mass is 35.5. The minimum atomic E-state index is -0.969. The SMILES string of the molecule is COc1ccc(C)cc1NC(=O)[C@@H]1[C@@H]2C=C[C@@]3(CN([C@H](C(=O)N[C@H]4CCCC[C@@H]4C)c4ccc(Cl)cc4)C(=O)[C@H]13)O2. The Balaban J connectivity index is 1.30. The van der Waals surface area contributed by atoms with Crippen LogP contribution in [0.25, 0.3) is 0 Å². The number of aryl methyl sites for hydroxylation is 1. The second-order valence-electron chi connectivity index (χ2n) is 11.9. The van der Waals surface area contributed by atoms with Crippen molar-refractivity contribution in [2.75, 3.05) is 19.0 Å². The number of benzene rings is 2. The van der Waals surface area contributed by atoms with Crippen molar-refractivity contribution in [3.05, 3.63) is 70.8 Å². The molecule has 0 aromatic heterocycles. The molecule has 6 rings (SSSR count). The molecule has 3 aliphatic heterocycles. The van der Waals surface area contributed by atoms with Gasteiger partial charge >= 0.3 is 0 Å². The molecule has 2 aromatic carbocycles. The highest BCUT2D eigenvalue weighted by Gasteiger charge is 2.68. The molecule has 216 valence electrons. The van der Waals surface area contributed by atoms with Crippen LogP contribution in [0, 0.1) is 24.7 Å².